The van der Waals surface area contributed by atoms with Crippen molar-refractivity contribution in [2.45, 2.75) is 24.9 Å². The van der Waals surface area contributed by atoms with Gasteiger partial charge in [0, 0.05) is 12.6 Å². The zero-order valence-corrected chi connectivity index (χ0v) is 10.3. The van der Waals surface area contributed by atoms with Gasteiger partial charge in [-0.25, -0.2) is 4.39 Å². The zero-order valence-electron chi connectivity index (χ0n) is 8.76. The Bertz CT molecular complexity index is 407. The Labute approximate surface area is 102 Å². The topological polar surface area (TPSA) is 58.3 Å². The molecule has 3 nitrogen and oxygen atoms in total. The summed E-state index contributed by atoms with van der Waals surface area (Å²) in [5, 5.41) is 12.9. The fourth-order valence-electron chi connectivity index (χ4n) is 1.74. The Hall–Kier alpha value is -0.810. The van der Waals surface area contributed by atoms with Crippen LogP contribution in [0.25, 0.3) is 0 Å². The quantitative estimate of drug-likeness (QED) is 0.749. The second-order valence-electron chi connectivity index (χ2n) is 4.29. The maximum atomic E-state index is 13.1. The van der Waals surface area contributed by atoms with Gasteiger partial charge in [0.2, 0.25) is 0 Å². The number of anilines is 2. The largest absolute Gasteiger partial charge is 0.397 e. The molecular formula is C11H14BrFN2O. The van der Waals surface area contributed by atoms with Gasteiger partial charge < -0.3 is 16.2 Å². The van der Waals surface area contributed by atoms with E-state index in [2.05, 4.69) is 21.2 Å². The summed E-state index contributed by atoms with van der Waals surface area (Å²) in [7, 11) is 0. The second kappa shape index (κ2) is 4.22. The maximum absolute atomic E-state index is 13.1. The van der Waals surface area contributed by atoms with E-state index in [4.69, 9.17) is 5.73 Å². The fraction of sp³-hybridized carbons (Fsp3) is 0.455. The smallest absolute Gasteiger partial charge is 0.139 e. The summed E-state index contributed by atoms with van der Waals surface area (Å²) >= 11 is 3.10. The van der Waals surface area contributed by atoms with Crippen molar-refractivity contribution < 1.29 is 9.50 Å². The van der Waals surface area contributed by atoms with Gasteiger partial charge in [-0.1, -0.05) is 0 Å². The van der Waals surface area contributed by atoms with Crippen molar-refractivity contribution in [3.05, 3.63) is 22.4 Å². The Morgan fingerprint density at radius 1 is 1.50 bits per heavy atom. The summed E-state index contributed by atoms with van der Waals surface area (Å²) in [5.41, 5.74) is 6.05. The highest BCUT2D eigenvalue weighted by Gasteiger charge is 2.34. The highest BCUT2D eigenvalue weighted by molar-refractivity contribution is 9.10. The highest BCUT2D eigenvalue weighted by atomic mass is 79.9. The minimum atomic E-state index is -0.618. The molecule has 4 N–H and O–H groups in total. The third-order valence-corrected chi connectivity index (χ3v) is 3.59. The minimum Gasteiger partial charge on any atom is -0.397 e. The summed E-state index contributed by atoms with van der Waals surface area (Å²) in [4.78, 5) is 0. The van der Waals surface area contributed by atoms with Gasteiger partial charge in [0.05, 0.1) is 21.4 Å². The SMILES string of the molecule is Nc1cc(F)c(Br)cc1NCC1(O)CCC1. The third kappa shape index (κ3) is 2.30. The number of halogens is 2. The summed E-state index contributed by atoms with van der Waals surface area (Å²) in [6.45, 7) is 0.454. The summed E-state index contributed by atoms with van der Waals surface area (Å²) < 4.78 is 13.5. The molecule has 1 aromatic carbocycles. The molecule has 0 aromatic heterocycles. The van der Waals surface area contributed by atoms with E-state index in [-0.39, 0.29) is 5.82 Å². The molecule has 0 saturated heterocycles. The van der Waals surface area contributed by atoms with Crippen molar-refractivity contribution in [1.29, 1.82) is 0 Å². The van der Waals surface area contributed by atoms with E-state index in [0.29, 0.717) is 22.4 Å². The molecule has 88 valence electrons. The van der Waals surface area contributed by atoms with Crippen LogP contribution in [-0.4, -0.2) is 17.3 Å². The van der Waals surface area contributed by atoms with Crippen LogP contribution in [0.4, 0.5) is 15.8 Å². The lowest BCUT2D eigenvalue weighted by Gasteiger charge is -2.37. The van der Waals surface area contributed by atoms with Crippen LogP contribution in [0.3, 0.4) is 0 Å². The van der Waals surface area contributed by atoms with Gasteiger partial charge in [-0.3, -0.25) is 0 Å². The number of benzene rings is 1. The molecule has 0 radical (unpaired) electrons. The molecular weight excluding hydrogens is 275 g/mol. The van der Waals surface area contributed by atoms with Crippen LogP contribution in [0, 0.1) is 5.82 Å². The average Bonchev–Trinajstić information content (AvgIpc) is 2.19. The monoisotopic (exact) mass is 288 g/mol. The molecule has 0 bridgehead atoms. The molecule has 0 aliphatic heterocycles. The van der Waals surface area contributed by atoms with Crippen molar-refractivity contribution in [3.8, 4) is 0 Å². The van der Waals surface area contributed by atoms with Crippen LogP contribution < -0.4 is 11.1 Å². The van der Waals surface area contributed by atoms with Gasteiger partial charge in [0.1, 0.15) is 5.82 Å². The average molecular weight is 289 g/mol. The Kier molecular flexibility index (Phi) is 3.08. The third-order valence-electron chi connectivity index (χ3n) is 2.98. The number of hydrogen-bond donors (Lipinski definition) is 3. The lowest BCUT2D eigenvalue weighted by atomic mass is 9.80. The van der Waals surface area contributed by atoms with Gasteiger partial charge >= 0.3 is 0 Å². The predicted octanol–water partition coefficient (Wildman–Crippen LogP) is 2.50. The molecule has 0 amide bonds. The predicted molar refractivity (Wildman–Crippen MR) is 65.8 cm³/mol. The van der Waals surface area contributed by atoms with Crippen LogP contribution >= 0.6 is 15.9 Å². The minimum absolute atomic E-state index is 0.351. The number of hydrogen-bond acceptors (Lipinski definition) is 3. The molecule has 0 heterocycles. The van der Waals surface area contributed by atoms with Gasteiger partial charge in [-0.15, -0.1) is 0 Å². The van der Waals surface area contributed by atoms with E-state index in [9.17, 15) is 9.50 Å². The molecule has 16 heavy (non-hydrogen) atoms. The van der Waals surface area contributed by atoms with Crippen molar-refractivity contribution in [3.63, 3.8) is 0 Å². The van der Waals surface area contributed by atoms with Gasteiger partial charge in [0.25, 0.3) is 0 Å². The molecule has 1 saturated carbocycles. The molecule has 1 aliphatic carbocycles. The first-order valence-corrected chi connectivity index (χ1v) is 6.00. The van der Waals surface area contributed by atoms with E-state index in [1.807, 2.05) is 0 Å². The maximum Gasteiger partial charge on any atom is 0.139 e. The highest BCUT2D eigenvalue weighted by Crippen LogP contribution is 2.33. The first-order valence-electron chi connectivity index (χ1n) is 5.21. The van der Waals surface area contributed by atoms with Gasteiger partial charge in [-0.2, -0.15) is 0 Å². The van der Waals surface area contributed by atoms with Crippen LogP contribution in [0.2, 0.25) is 0 Å². The number of aliphatic hydroxyl groups is 1. The first-order chi connectivity index (χ1) is 7.50. The zero-order chi connectivity index (χ0) is 11.8. The fourth-order valence-corrected chi connectivity index (χ4v) is 2.08. The molecule has 2 rings (SSSR count). The van der Waals surface area contributed by atoms with E-state index in [1.165, 1.54) is 6.07 Å². The molecule has 1 aliphatic rings. The van der Waals surface area contributed by atoms with Crippen molar-refractivity contribution in [2.24, 2.45) is 0 Å². The summed E-state index contributed by atoms with van der Waals surface area (Å²) in [5.74, 6) is -0.384. The van der Waals surface area contributed by atoms with Gasteiger partial charge in [-0.05, 0) is 41.3 Å². The van der Waals surface area contributed by atoms with Crippen LogP contribution in [0.5, 0.6) is 0 Å². The van der Waals surface area contributed by atoms with E-state index in [1.54, 1.807) is 6.07 Å². The number of nitrogen functional groups attached to an aromatic ring is 1. The molecule has 0 unspecified atom stereocenters. The summed E-state index contributed by atoms with van der Waals surface area (Å²) in [6, 6.07) is 2.85. The van der Waals surface area contributed by atoms with Crippen LogP contribution in [0.15, 0.2) is 16.6 Å². The second-order valence-corrected chi connectivity index (χ2v) is 5.14. The standard InChI is InChI=1S/C11H14BrFN2O/c12-7-4-10(9(14)5-8(7)13)15-6-11(16)2-1-3-11/h4-5,15-16H,1-3,6,14H2. The first kappa shape index (κ1) is 11.7. The lowest BCUT2D eigenvalue weighted by Crippen LogP contribution is -2.43. The Morgan fingerprint density at radius 3 is 2.75 bits per heavy atom. The molecule has 5 heteroatoms. The van der Waals surface area contributed by atoms with Crippen molar-refractivity contribution in [1.82, 2.24) is 0 Å². The summed E-state index contributed by atoms with van der Waals surface area (Å²) in [6.07, 6.45) is 2.67. The molecule has 1 aromatic rings. The van der Waals surface area contributed by atoms with Crippen molar-refractivity contribution in [2.75, 3.05) is 17.6 Å². The number of nitrogens with two attached hydrogens (primary N) is 1. The van der Waals surface area contributed by atoms with E-state index in [0.717, 1.165) is 19.3 Å². The van der Waals surface area contributed by atoms with Crippen LogP contribution in [0.1, 0.15) is 19.3 Å². The Balaban J connectivity index is 2.06. The van der Waals surface area contributed by atoms with E-state index < -0.39 is 5.60 Å². The Morgan fingerprint density at radius 2 is 2.19 bits per heavy atom. The van der Waals surface area contributed by atoms with Crippen molar-refractivity contribution >= 4 is 27.3 Å². The number of nitrogens with one attached hydrogen (secondary N) is 1. The molecule has 0 atom stereocenters. The molecule has 0 spiro atoms. The van der Waals surface area contributed by atoms with Crippen LogP contribution in [-0.2, 0) is 0 Å². The molecule has 1 fully saturated rings. The lowest BCUT2D eigenvalue weighted by molar-refractivity contribution is -0.0201. The number of rotatable bonds is 3. The van der Waals surface area contributed by atoms with E-state index >= 15 is 0 Å². The normalized spacial score (nSPS) is 17.9. The van der Waals surface area contributed by atoms with Gasteiger partial charge in [0.15, 0.2) is 0 Å².